The van der Waals surface area contributed by atoms with Gasteiger partial charge in [-0.2, -0.15) is 0 Å². The first-order valence-corrected chi connectivity index (χ1v) is 5.53. The van der Waals surface area contributed by atoms with Gasteiger partial charge in [-0.25, -0.2) is 4.39 Å². The van der Waals surface area contributed by atoms with Crippen LogP contribution in [0.25, 0.3) is 0 Å². The molecule has 2 rings (SSSR count). The van der Waals surface area contributed by atoms with E-state index in [0.717, 1.165) is 0 Å². The van der Waals surface area contributed by atoms with E-state index in [-0.39, 0.29) is 31.0 Å². The lowest BCUT2D eigenvalue weighted by Gasteiger charge is -2.32. The predicted octanol–water partition coefficient (Wildman–Crippen LogP) is 0.512. The van der Waals surface area contributed by atoms with E-state index in [1.165, 1.54) is 6.07 Å². The summed E-state index contributed by atoms with van der Waals surface area (Å²) in [6, 6.07) is 6.45. The molecule has 1 atom stereocenters. The molecule has 2 N–H and O–H groups in total. The molecule has 92 valence electrons. The maximum absolute atomic E-state index is 13.5. The van der Waals surface area contributed by atoms with Gasteiger partial charge in [0.05, 0.1) is 6.10 Å². The molecule has 1 aromatic carbocycles. The van der Waals surface area contributed by atoms with Crippen LogP contribution in [0.1, 0.15) is 5.56 Å². The lowest BCUT2D eigenvalue weighted by Crippen LogP contribution is -2.48. The Morgan fingerprint density at radius 1 is 1.47 bits per heavy atom. The minimum Gasteiger partial charge on any atom is -0.365 e. The molecule has 1 heterocycles. The van der Waals surface area contributed by atoms with E-state index >= 15 is 0 Å². The van der Waals surface area contributed by atoms with Crippen molar-refractivity contribution in [3.8, 4) is 0 Å². The quantitative estimate of drug-likeness (QED) is 0.835. The number of halogens is 1. The Kier molecular flexibility index (Phi) is 3.71. The van der Waals surface area contributed by atoms with Gasteiger partial charge < -0.3 is 15.4 Å². The van der Waals surface area contributed by atoms with Crippen LogP contribution in [0.3, 0.4) is 0 Å². The average molecular weight is 238 g/mol. The molecule has 1 aliphatic heterocycles. The summed E-state index contributed by atoms with van der Waals surface area (Å²) in [5.74, 6) is -0.422. The molecular formula is C12H15FN2O2. The molecule has 0 aromatic heterocycles. The van der Waals surface area contributed by atoms with Gasteiger partial charge in [0.25, 0.3) is 0 Å². The normalized spacial score (nSPS) is 20.7. The van der Waals surface area contributed by atoms with Gasteiger partial charge in [0, 0.05) is 25.2 Å². The molecule has 0 saturated carbocycles. The number of carbonyl (C=O) groups is 1. The SMILES string of the molecule is NCC1CN(Cc2ccccc2F)C(=O)CO1. The zero-order valence-electron chi connectivity index (χ0n) is 9.43. The fourth-order valence-electron chi connectivity index (χ4n) is 1.81. The second-order valence-corrected chi connectivity index (χ2v) is 4.03. The summed E-state index contributed by atoms with van der Waals surface area (Å²) >= 11 is 0. The van der Waals surface area contributed by atoms with E-state index in [2.05, 4.69) is 0 Å². The highest BCUT2D eigenvalue weighted by atomic mass is 19.1. The molecular weight excluding hydrogens is 223 g/mol. The fraction of sp³-hybridized carbons (Fsp3) is 0.417. The topological polar surface area (TPSA) is 55.6 Å². The van der Waals surface area contributed by atoms with Gasteiger partial charge >= 0.3 is 0 Å². The third-order valence-electron chi connectivity index (χ3n) is 2.80. The number of carbonyl (C=O) groups excluding carboxylic acids is 1. The number of benzene rings is 1. The van der Waals surface area contributed by atoms with Crippen LogP contribution in [-0.4, -0.2) is 36.6 Å². The van der Waals surface area contributed by atoms with Crippen LogP contribution in [0.15, 0.2) is 24.3 Å². The molecule has 1 fully saturated rings. The molecule has 1 aliphatic rings. The van der Waals surface area contributed by atoms with Crippen molar-refractivity contribution in [3.63, 3.8) is 0 Å². The molecule has 17 heavy (non-hydrogen) atoms. The Morgan fingerprint density at radius 3 is 2.94 bits per heavy atom. The van der Waals surface area contributed by atoms with Gasteiger partial charge in [-0.1, -0.05) is 18.2 Å². The van der Waals surface area contributed by atoms with Crippen molar-refractivity contribution in [1.29, 1.82) is 0 Å². The van der Waals surface area contributed by atoms with Gasteiger partial charge in [-0.15, -0.1) is 0 Å². The molecule has 1 unspecified atom stereocenters. The first-order valence-electron chi connectivity index (χ1n) is 5.53. The first-order chi connectivity index (χ1) is 8.20. The third-order valence-corrected chi connectivity index (χ3v) is 2.80. The Bertz CT molecular complexity index is 411. The van der Waals surface area contributed by atoms with E-state index < -0.39 is 0 Å². The summed E-state index contributed by atoms with van der Waals surface area (Å²) in [4.78, 5) is 13.2. The Labute approximate surface area is 99.2 Å². The van der Waals surface area contributed by atoms with Crippen molar-refractivity contribution in [2.75, 3.05) is 19.7 Å². The fourth-order valence-corrected chi connectivity index (χ4v) is 1.81. The number of rotatable bonds is 3. The van der Waals surface area contributed by atoms with Crippen LogP contribution >= 0.6 is 0 Å². The maximum atomic E-state index is 13.5. The van der Waals surface area contributed by atoms with Crippen molar-refractivity contribution < 1.29 is 13.9 Å². The number of hydrogen-bond donors (Lipinski definition) is 1. The summed E-state index contributed by atoms with van der Waals surface area (Å²) in [5.41, 5.74) is 6.01. The summed E-state index contributed by atoms with van der Waals surface area (Å²) in [6.45, 7) is 1.08. The second kappa shape index (κ2) is 5.25. The average Bonchev–Trinajstić information content (AvgIpc) is 2.35. The molecule has 0 radical (unpaired) electrons. The summed E-state index contributed by atoms with van der Waals surface area (Å²) in [6.07, 6.45) is -0.153. The second-order valence-electron chi connectivity index (χ2n) is 4.03. The Balaban J connectivity index is 2.07. The van der Waals surface area contributed by atoms with E-state index in [4.69, 9.17) is 10.5 Å². The third kappa shape index (κ3) is 2.81. The number of amides is 1. The molecule has 0 bridgehead atoms. The number of nitrogens with two attached hydrogens (primary N) is 1. The molecule has 0 aliphatic carbocycles. The Morgan fingerprint density at radius 2 is 2.24 bits per heavy atom. The van der Waals surface area contributed by atoms with Gasteiger partial charge in [-0.05, 0) is 6.07 Å². The highest BCUT2D eigenvalue weighted by molar-refractivity contribution is 5.78. The van der Waals surface area contributed by atoms with E-state index in [1.807, 2.05) is 0 Å². The lowest BCUT2D eigenvalue weighted by atomic mass is 10.1. The van der Waals surface area contributed by atoms with Crippen molar-refractivity contribution >= 4 is 5.91 Å². The molecule has 0 spiro atoms. The largest absolute Gasteiger partial charge is 0.365 e. The summed E-state index contributed by atoms with van der Waals surface area (Å²) < 4.78 is 18.7. The van der Waals surface area contributed by atoms with Crippen LogP contribution in [0.2, 0.25) is 0 Å². The van der Waals surface area contributed by atoms with Crippen molar-refractivity contribution in [2.45, 2.75) is 12.6 Å². The zero-order valence-corrected chi connectivity index (χ0v) is 9.43. The minimum atomic E-state index is -0.295. The van der Waals surface area contributed by atoms with Crippen LogP contribution in [0.5, 0.6) is 0 Å². The van der Waals surface area contributed by atoms with Crippen LogP contribution in [0.4, 0.5) is 4.39 Å². The van der Waals surface area contributed by atoms with Crippen molar-refractivity contribution in [1.82, 2.24) is 4.90 Å². The molecule has 1 aromatic rings. The number of morpholine rings is 1. The molecule has 1 amide bonds. The molecule has 5 heteroatoms. The van der Waals surface area contributed by atoms with E-state index in [9.17, 15) is 9.18 Å². The van der Waals surface area contributed by atoms with Gasteiger partial charge in [0.15, 0.2) is 0 Å². The predicted molar refractivity (Wildman–Crippen MR) is 60.6 cm³/mol. The molecule has 1 saturated heterocycles. The van der Waals surface area contributed by atoms with Gasteiger partial charge in [-0.3, -0.25) is 4.79 Å². The van der Waals surface area contributed by atoms with Crippen LogP contribution in [-0.2, 0) is 16.1 Å². The molecule has 4 nitrogen and oxygen atoms in total. The number of ether oxygens (including phenoxy) is 1. The number of hydrogen-bond acceptors (Lipinski definition) is 3. The van der Waals surface area contributed by atoms with Crippen LogP contribution < -0.4 is 5.73 Å². The zero-order chi connectivity index (χ0) is 12.3. The Hall–Kier alpha value is -1.46. The first kappa shape index (κ1) is 12.0. The van der Waals surface area contributed by atoms with Crippen molar-refractivity contribution in [2.24, 2.45) is 5.73 Å². The highest BCUT2D eigenvalue weighted by Crippen LogP contribution is 2.13. The number of nitrogens with zero attached hydrogens (tertiary/aromatic N) is 1. The minimum absolute atomic E-state index is 0.0241. The summed E-state index contributed by atoms with van der Waals surface area (Å²) in [5, 5.41) is 0. The van der Waals surface area contributed by atoms with Gasteiger partial charge in [0.2, 0.25) is 5.91 Å². The highest BCUT2D eigenvalue weighted by Gasteiger charge is 2.25. The monoisotopic (exact) mass is 238 g/mol. The van der Waals surface area contributed by atoms with E-state index in [1.54, 1.807) is 23.1 Å². The maximum Gasteiger partial charge on any atom is 0.248 e. The lowest BCUT2D eigenvalue weighted by molar-refractivity contribution is -0.149. The van der Waals surface area contributed by atoms with Crippen LogP contribution in [0, 0.1) is 5.82 Å². The smallest absolute Gasteiger partial charge is 0.248 e. The standard InChI is InChI=1S/C12H15FN2O2/c13-11-4-2-1-3-9(11)6-15-7-10(5-14)17-8-12(15)16/h1-4,10H,5-8,14H2. The van der Waals surface area contributed by atoms with Gasteiger partial charge in [0.1, 0.15) is 12.4 Å². The van der Waals surface area contributed by atoms with E-state index in [0.29, 0.717) is 18.7 Å². The summed E-state index contributed by atoms with van der Waals surface area (Å²) in [7, 11) is 0. The van der Waals surface area contributed by atoms with Crippen molar-refractivity contribution in [3.05, 3.63) is 35.6 Å².